The Labute approximate surface area is 146 Å². The fourth-order valence-electron chi connectivity index (χ4n) is 3.45. The van der Waals surface area contributed by atoms with Crippen LogP contribution in [0.1, 0.15) is 37.7 Å². The Morgan fingerprint density at radius 1 is 1.28 bits per heavy atom. The molecule has 2 N–H and O–H groups in total. The van der Waals surface area contributed by atoms with E-state index in [1.165, 1.54) is 18.2 Å². The van der Waals surface area contributed by atoms with E-state index < -0.39 is 12.0 Å². The summed E-state index contributed by atoms with van der Waals surface area (Å²) >= 11 is 0. The highest BCUT2D eigenvalue weighted by Crippen LogP contribution is 2.39. The highest BCUT2D eigenvalue weighted by Gasteiger charge is 2.39. The topological polar surface area (TPSA) is 50.7 Å². The molecule has 0 bridgehead atoms. The van der Waals surface area contributed by atoms with Gasteiger partial charge >= 0.3 is 6.36 Å². The van der Waals surface area contributed by atoms with Crippen LogP contribution in [0.2, 0.25) is 0 Å². The number of halogens is 3. The summed E-state index contributed by atoms with van der Waals surface area (Å²) in [5, 5.41) is 14.7. The van der Waals surface area contributed by atoms with Crippen molar-refractivity contribution in [1.29, 1.82) is 0 Å². The number of piperidine rings is 1. The molecule has 1 heterocycles. The molecule has 0 saturated carbocycles. The molecule has 0 aromatic heterocycles. The van der Waals surface area contributed by atoms with Crippen molar-refractivity contribution in [2.24, 2.45) is 5.92 Å². The van der Waals surface area contributed by atoms with Gasteiger partial charge in [0, 0.05) is 26.2 Å². The molecular formula is C18H26F3NO3. The minimum Gasteiger partial charge on any atom is -0.406 e. The van der Waals surface area contributed by atoms with Crippen molar-refractivity contribution in [3.8, 4) is 5.75 Å². The van der Waals surface area contributed by atoms with Crippen LogP contribution in [0.3, 0.4) is 0 Å². The van der Waals surface area contributed by atoms with Crippen LogP contribution in [0.4, 0.5) is 13.2 Å². The predicted octanol–water partition coefficient (Wildman–Crippen LogP) is 3.59. The van der Waals surface area contributed by atoms with Gasteiger partial charge in [0.25, 0.3) is 0 Å². The van der Waals surface area contributed by atoms with E-state index in [4.69, 9.17) is 4.74 Å². The highest BCUT2D eigenvalue weighted by molar-refractivity contribution is 5.33. The number of ether oxygens (including phenoxy) is 2. The van der Waals surface area contributed by atoms with Crippen LogP contribution in [0.25, 0.3) is 0 Å². The minimum atomic E-state index is -4.75. The quantitative estimate of drug-likeness (QED) is 0.695. The average Bonchev–Trinajstić information content (AvgIpc) is 2.58. The van der Waals surface area contributed by atoms with Crippen molar-refractivity contribution in [3.05, 3.63) is 29.8 Å². The van der Waals surface area contributed by atoms with Gasteiger partial charge in [-0.15, -0.1) is 13.2 Å². The van der Waals surface area contributed by atoms with Crippen LogP contribution in [0, 0.1) is 5.92 Å². The van der Waals surface area contributed by atoms with E-state index in [9.17, 15) is 18.3 Å². The van der Waals surface area contributed by atoms with Gasteiger partial charge in [-0.2, -0.15) is 0 Å². The summed E-state index contributed by atoms with van der Waals surface area (Å²) in [5.74, 6) is -0.353. The van der Waals surface area contributed by atoms with E-state index in [1.807, 2.05) is 0 Å². The zero-order valence-electron chi connectivity index (χ0n) is 14.4. The largest absolute Gasteiger partial charge is 0.573 e. The number of alkyl halides is 3. The molecule has 7 heteroatoms. The van der Waals surface area contributed by atoms with E-state index in [0.717, 1.165) is 32.2 Å². The van der Waals surface area contributed by atoms with Crippen molar-refractivity contribution in [3.63, 3.8) is 0 Å². The lowest BCUT2D eigenvalue weighted by Crippen LogP contribution is -2.44. The van der Waals surface area contributed by atoms with Crippen molar-refractivity contribution >= 4 is 0 Å². The highest BCUT2D eigenvalue weighted by atomic mass is 19.4. The number of methoxy groups -OCH3 is 1. The van der Waals surface area contributed by atoms with Crippen LogP contribution in [0.5, 0.6) is 5.75 Å². The standard InChI is InChI=1S/C18H26F3NO3/c1-24-11-3-2-9-17(23,15-7-5-10-22-13-15)14-6-4-8-16(12-14)25-18(19,20)21/h4,6,8,12,15,22-23H,2-3,5,7,9-11,13H2,1H3/t15?,17-/m1/s1. The molecule has 0 aliphatic carbocycles. The number of unbranched alkanes of at least 4 members (excludes halogenated alkanes) is 1. The first kappa shape index (κ1) is 20.0. The Bertz CT molecular complexity index is 533. The molecule has 1 fully saturated rings. The molecule has 1 unspecified atom stereocenters. The lowest BCUT2D eigenvalue weighted by atomic mass is 9.74. The fraction of sp³-hybridized carbons (Fsp3) is 0.667. The van der Waals surface area contributed by atoms with Gasteiger partial charge in [-0.1, -0.05) is 12.1 Å². The molecule has 1 aliphatic heterocycles. The monoisotopic (exact) mass is 361 g/mol. The first-order valence-corrected chi connectivity index (χ1v) is 8.63. The Hall–Kier alpha value is -1.31. The fourth-order valence-corrected chi connectivity index (χ4v) is 3.45. The van der Waals surface area contributed by atoms with Gasteiger partial charge in [0.15, 0.2) is 0 Å². The Kier molecular flexibility index (Phi) is 7.10. The second-order valence-corrected chi connectivity index (χ2v) is 6.49. The SMILES string of the molecule is COCCCC[C@@](O)(c1cccc(OC(F)(F)F)c1)C1CCCNC1. The van der Waals surface area contributed by atoms with Crippen LogP contribution in [-0.4, -0.2) is 38.3 Å². The number of rotatable bonds is 8. The second-order valence-electron chi connectivity index (χ2n) is 6.49. The molecule has 1 aromatic carbocycles. The molecule has 1 aliphatic rings. The first-order chi connectivity index (χ1) is 11.8. The zero-order chi connectivity index (χ0) is 18.3. The summed E-state index contributed by atoms with van der Waals surface area (Å²) in [6.07, 6.45) is -0.995. The third kappa shape index (κ3) is 5.87. The van der Waals surface area contributed by atoms with E-state index in [-0.39, 0.29) is 11.7 Å². The lowest BCUT2D eigenvalue weighted by molar-refractivity contribution is -0.274. The van der Waals surface area contributed by atoms with Gasteiger partial charge in [0.1, 0.15) is 5.75 Å². The predicted molar refractivity (Wildman–Crippen MR) is 88.3 cm³/mol. The lowest BCUT2D eigenvalue weighted by Gasteiger charge is -2.39. The van der Waals surface area contributed by atoms with Gasteiger partial charge in [-0.3, -0.25) is 0 Å². The molecular weight excluding hydrogens is 335 g/mol. The molecule has 0 spiro atoms. The maximum absolute atomic E-state index is 12.5. The van der Waals surface area contributed by atoms with Gasteiger partial charge in [0.05, 0.1) is 5.60 Å². The maximum Gasteiger partial charge on any atom is 0.573 e. The maximum atomic E-state index is 12.5. The van der Waals surface area contributed by atoms with Crippen molar-refractivity contribution in [2.75, 3.05) is 26.8 Å². The molecule has 1 aromatic rings. The number of hydrogen-bond donors (Lipinski definition) is 2. The van der Waals surface area contributed by atoms with Crippen LogP contribution in [0.15, 0.2) is 24.3 Å². The number of hydrogen-bond acceptors (Lipinski definition) is 4. The Morgan fingerprint density at radius 3 is 2.72 bits per heavy atom. The summed E-state index contributed by atoms with van der Waals surface area (Å²) < 4.78 is 46.6. The normalized spacial score (nSPS) is 20.9. The Morgan fingerprint density at radius 2 is 2.08 bits per heavy atom. The van der Waals surface area contributed by atoms with E-state index in [0.29, 0.717) is 25.1 Å². The zero-order valence-corrected chi connectivity index (χ0v) is 14.4. The third-order valence-corrected chi connectivity index (χ3v) is 4.70. The molecule has 0 radical (unpaired) electrons. The van der Waals surface area contributed by atoms with Gasteiger partial charge < -0.3 is 19.9 Å². The summed E-state index contributed by atoms with van der Waals surface area (Å²) in [4.78, 5) is 0. The van der Waals surface area contributed by atoms with Crippen molar-refractivity contribution < 1.29 is 27.8 Å². The molecule has 4 nitrogen and oxygen atoms in total. The summed E-state index contributed by atoms with van der Waals surface area (Å²) in [7, 11) is 1.62. The van der Waals surface area contributed by atoms with Gasteiger partial charge in [-0.05, 0) is 56.3 Å². The second kappa shape index (κ2) is 8.87. The molecule has 1 saturated heterocycles. The number of benzene rings is 1. The van der Waals surface area contributed by atoms with E-state index >= 15 is 0 Å². The first-order valence-electron chi connectivity index (χ1n) is 8.63. The van der Waals surface area contributed by atoms with E-state index in [1.54, 1.807) is 13.2 Å². The third-order valence-electron chi connectivity index (χ3n) is 4.70. The molecule has 142 valence electrons. The molecule has 0 amide bonds. The molecule has 2 rings (SSSR count). The van der Waals surface area contributed by atoms with Crippen LogP contribution >= 0.6 is 0 Å². The average molecular weight is 361 g/mol. The smallest absolute Gasteiger partial charge is 0.406 e. The molecule has 2 atom stereocenters. The summed E-state index contributed by atoms with van der Waals surface area (Å²) in [5.41, 5.74) is -0.716. The molecule has 25 heavy (non-hydrogen) atoms. The minimum absolute atomic E-state index is 0.0510. The van der Waals surface area contributed by atoms with Crippen LogP contribution in [-0.2, 0) is 10.3 Å². The number of aliphatic hydroxyl groups is 1. The summed E-state index contributed by atoms with van der Waals surface area (Å²) in [6, 6.07) is 5.72. The van der Waals surface area contributed by atoms with Gasteiger partial charge in [-0.25, -0.2) is 0 Å². The number of nitrogens with one attached hydrogen (secondary N) is 1. The Balaban J connectivity index is 2.22. The van der Waals surface area contributed by atoms with Crippen LogP contribution < -0.4 is 10.1 Å². The van der Waals surface area contributed by atoms with Crippen molar-refractivity contribution in [1.82, 2.24) is 5.32 Å². The summed E-state index contributed by atoms with van der Waals surface area (Å²) in [6.45, 7) is 2.13. The van der Waals surface area contributed by atoms with Gasteiger partial charge in [0.2, 0.25) is 0 Å². The van der Waals surface area contributed by atoms with E-state index in [2.05, 4.69) is 10.1 Å². The van der Waals surface area contributed by atoms with Crippen molar-refractivity contribution in [2.45, 2.75) is 44.1 Å².